The van der Waals surface area contributed by atoms with Gasteiger partial charge in [0.2, 0.25) is 6.17 Å². The lowest BCUT2D eigenvalue weighted by Crippen LogP contribution is -2.46. The van der Waals surface area contributed by atoms with Gasteiger partial charge < -0.3 is 18.8 Å². The van der Waals surface area contributed by atoms with Crippen molar-refractivity contribution in [1.82, 2.24) is 4.72 Å². The van der Waals surface area contributed by atoms with Crippen molar-refractivity contribution in [1.29, 1.82) is 0 Å². The molecule has 1 aliphatic rings. The van der Waals surface area contributed by atoms with E-state index in [1.807, 2.05) is 0 Å². The molecule has 1 aromatic carbocycles. The molecule has 1 N–H and O–H groups in total. The van der Waals surface area contributed by atoms with E-state index in [0.717, 1.165) is 6.07 Å². The van der Waals surface area contributed by atoms with Crippen LogP contribution in [0.3, 0.4) is 0 Å². The van der Waals surface area contributed by atoms with E-state index in [-0.39, 0.29) is 18.3 Å². The minimum absolute atomic E-state index is 0.0241. The molecule has 3 atom stereocenters. The van der Waals surface area contributed by atoms with Crippen molar-refractivity contribution in [3.05, 3.63) is 29.6 Å². The molecule has 0 spiro atoms. The first kappa shape index (κ1) is 23.9. The zero-order valence-corrected chi connectivity index (χ0v) is 18.0. The molecule has 164 valence electrons. The van der Waals surface area contributed by atoms with Crippen molar-refractivity contribution in [2.75, 3.05) is 19.8 Å². The largest absolute Gasteiger partial charge is 0.598 e. The Kier molecular flexibility index (Phi) is 8.69. The van der Waals surface area contributed by atoms with Gasteiger partial charge in [0.15, 0.2) is 0 Å². The lowest BCUT2D eigenvalue weighted by atomic mass is 10.0. The molecule has 0 bridgehead atoms. The second kappa shape index (κ2) is 10.6. The predicted octanol–water partition coefficient (Wildman–Crippen LogP) is 3.38. The van der Waals surface area contributed by atoms with E-state index in [1.54, 1.807) is 27.7 Å². The molecular formula is C20H29F2NO5S. The summed E-state index contributed by atoms with van der Waals surface area (Å²) in [6.45, 7) is 7.72. The Balaban J connectivity index is 2.31. The van der Waals surface area contributed by atoms with E-state index in [0.29, 0.717) is 31.8 Å². The highest BCUT2D eigenvalue weighted by Gasteiger charge is 2.39. The predicted molar refractivity (Wildman–Crippen MR) is 106 cm³/mol. The molecule has 3 unspecified atom stereocenters. The molecule has 0 aromatic heterocycles. The lowest BCUT2D eigenvalue weighted by Gasteiger charge is -2.29. The van der Waals surface area contributed by atoms with Crippen molar-refractivity contribution >= 4 is 17.3 Å². The standard InChI is InChI=1S/C20H29F2NO5S/c1-5-27-19(24)17(22)18(23-29(25)20(2,3)4)15-12-14(6-7-16(15)21)28-13-8-10-26-11-9-13/h6-7,12-13,17-18,23H,5,8-11H2,1-4H3. The van der Waals surface area contributed by atoms with Crippen LogP contribution < -0.4 is 9.46 Å². The fourth-order valence-corrected chi connectivity index (χ4v) is 3.58. The molecule has 0 radical (unpaired) electrons. The SMILES string of the molecule is CCOC(=O)C(F)C(N[S+]([O-])C(C)(C)C)c1cc(OC2CCOCC2)ccc1F. The number of carbonyl (C=O) groups is 1. The van der Waals surface area contributed by atoms with Gasteiger partial charge in [-0.2, -0.15) is 0 Å². The van der Waals surface area contributed by atoms with Gasteiger partial charge in [-0.3, -0.25) is 0 Å². The summed E-state index contributed by atoms with van der Waals surface area (Å²) in [7, 11) is 0. The van der Waals surface area contributed by atoms with Crippen molar-refractivity contribution in [3.63, 3.8) is 0 Å². The highest BCUT2D eigenvalue weighted by molar-refractivity contribution is 7.90. The Bertz CT molecular complexity index is 679. The highest BCUT2D eigenvalue weighted by Crippen LogP contribution is 2.30. The Hall–Kier alpha value is -1.42. The molecule has 0 saturated carbocycles. The minimum Gasteiger partial charge on any atom is -0.598 e. The monoisotopic (exact) mass is 433 g/mol. The quantitative estimate of drug-likeness (QED) is 0.500. The number of esters is 1. The van der Waals surface area contributed by atoms with E-state index in [2.05, 4.69) is 4.72 Å². The molecule has 1 fully saturated rings. The van der Waals surface area contributed by atoms with Gasteiger partial charge in [0.25, 0.3) is 0 Å². The number of nitrogens with one attached hydrogen (secondary N) is 1. The zero-order valence-electron chi connectivity index (χ0n) is 17.2. The van der Waals surface area contributed by atoms with Crippen LogP contribution in [-0.4, -0.2) is 47.4 Å². The summed E-state index contributed by atoms with van der Waals surface area (Å²) < 4.78 is 59.9. The molecule has 9 heteroatoms. The van der Waals surface area contributed by atoms with Gasteiger partial charge in [-0.25, -0.2) is 13.6 Å². The lowest BCUT2D eigenvalue weighted by molar-refractivity contribution is -0.150. The van der Waals surface area contributed by atoms with Crippen LogP contribution in [0.4, 0.5) is 8.78 Å². The Labute approximate surface area is 173 Å². The molecule has 1 aliphatic heterocycles. The number of rotatable bonds is 8. The fraction of sp³-hybridized carbons (Fsp3) is 0.650. The summed E-state index contributed by atoms with van der Waals surface area (Å²) in [5, 5.41) is 0. The van der Waals surface area contributed by atoms with Gasteiger partial charge in [-0.05, 0) is 45.9 Å². The Morgan fingerprint density at radius 2 is 2.03 bits per heavy atom. The van der Waals surface area contributed by atoms with Gasteiger partial charge in [0, 0.05) is 29.8 Å². The number of carbonyl (C=O) groups excluding carboxylic acids is 1. The maximum absolute atomic E-state index is 15.0. The van der Waals surface area contributed by atoms with Crippen molar-refractivity contribution in [3.8, 4) is 5.75 Å². The molecule has 29 heavy (non-hydrogen) atoms. The topological polar surface area (TPSA) is 79.9 Å². The van der Waals surface area contributed by atoms with Crippen LogP contribution in [0.1, 0.15) is 52.1 Å². The van der Waals surface area contributed by atoms with Crippen LogP contribution >= 0.6 is 0 Å². The summed E-state index contributed by atoms with van der Waals surface area (Å²) in [5.41, 5.74) is -0.146. The number of hydrogen-bond donors (Lipinski definition) is 1. The van der Waals surface area contributed by atoms with Crippen LogP contribution in [0.2, 0.25) is 0 Å². The van der Waals surface area contributed by atoms with Crippen molar-refractivity contribution in [2.24, 2.45) is 0 Å². The molecule has 0 aliphatic carbocycles. The van der Waals surface area contributed by atoms with Gasteiger partial charge >= 0.3 is 5.97 Å². The molecular weight excluding hydrogens is 404 g/mol. The second-order valence-electron chi connectivity index (χ2n) is 7.74. The summed E-state index contributed by atoms with van der Waals surface area (Å²) >= 11 is -1.75. The van der Waals surface area contributed by atoms with E-state index in [9.17, 15) is 18.1 Å². The van der Waals surface area contributed by atoms with Crippen LogP contribution in [0.25, 0.3) is 0 Å². The average molecular weight is 434 g/mol. The first-order valence-corrected chi connectivity index (χ1v) is 10.8. The average Bonchev–Trinajstić information content (AvgIpc) is 2.67. The number of benzene rings is 1. The number of alkyl halides is 1. The van der Waals surface area contributed by atoms with E-state index < -0.39 is 40.1 Å². The molecule has 1 aromatic rings. The van der Waals surface area contributed by atoms with E-state index >= 15 is 0 Å². The van der Waals surface area contributed by atoms with Crippen LogP contribution in [0, 0.1) is 5.82 Å². The smallest absolute Gasteiger partial charge is 0.342 e. The first-order chi connectivity index (χ1) is 13.6. The number of ether oxygens (including phenoxy) is 3. The van der Waals surface area contributed by atoms with Crippen molar-refractivity contribution < 1.29 is 32.3 Å². The minimum atomic E-state index is -2.24. The Morgan fingerprint density at radius 3 is 2.62 bits per heavy atom. The van der Waals surface area contributed by atoms with Crippen LogP contribution in [0.5, 0.6) is 5.75 Å². The zero-order chi connectivity index (χ0) is 21.6. The third-order valence-electron chi connectivity index (χ3n) is 4.37. The first-order valence-electron chi connectivity index (χ1n) is 9.66. The third-order valence-corrected chi connectivity index (χ3v) is 5.95. The molecule has 2 rings (SSSR count). The Morgan fingerprint density at radius 1 is 1.38 bits per heavy atom. The normalized spacial score (nSPS) is 18.7. The van der Waals surface area contributed by atoms with Crippen LogP contribution in [-0.2, 0) is 25.6 Å². The van der Waals surface area contributed by atoms with E-state index in [1.165, 1.54) is 12.1 Å². The summed E-state index contributed by atoms with van der Waals surface area (Å²) in [6.07, 6.45) is -0.953. The van der Waals surface area contributed by atoms with Gasteiger partial charge in [0.1, 0.15) is 28.5 Å². The maximum Gasteiger partial charge on any atom is 0.342 e. The second-order valence-corrected chi connectivity index (χ2v) is 9.74. The van der Waals surface area contributed by atoms with Gasteiger partial charge in [0.05, 0.1) is 19.8 Å². The fourth-order valence-electron chi connectivity index (χ4n) is 2.75. The summed E-state index contributed by atoms with van der Waals surface area (Å²) in [6, 6.07) is 2.45. The van der Waals surface area contributed by atoms with Gasteiger partial charge in [-0.1, -0.05) is 0 Å². The van der Waals surface area contributed by atoms with Crippen LogP contribution in [0.15, 0.2) is 18.2 Å². The van der Waals surface area contributed by atoms with Crippen molar-refractivity contribution in [2.45, 2.75) is 63.6 Å². The number of halogens is 2. The molecule has 0 amide bonds. The highest BCUT2D eigenvalue weighted by atomic mass is 32.2. The maximum atomic E-state index is 15.0. The molecule has 6 nitrogen and oxygen atoms in total. The molecule has 1 heterocycles. The summed E-state index contributed by atoms with van der Waals surface area (Å²) in [5.74, 6) is -1.54. The van der Waals surface area contributed by atoms with Gasteiger partial charge in [-0.15, -0.1) is 4.72 Å². The third kappa shape index (κ3) is 6.80. The number of hydrogen-bond acceptors (Lipinski definition) is 6. The summed E-state index contributed by atoms with van der Waals surface area (Å²) in [4.78, 5) is 12.0. The van der Waals surface area contributed by atoms with E-state index in [4.69, 9.17) is 14.2 Å². The molecule has 1 saturated heterocycles.